The summed E-state index contributed by atoms with van der Waals surface area (Å²) in [6.07, 6.45) is 2.30. The van der Waals surface area contributed by atoms with E-state index in [1.165, 1.54) is 5.56 Å². The van der Waals surface area contributed by atoms with Gasteiger partial charge in [0.05, 0.1) is 4.92 Å². The van der Waals surface area contributed by atoms with Crippen molar-refractivity contribution in [3.8, 4) is 0 Å². The van der Waals surface area contributed by atoms with Crippen LogP contribution in [0.15, 0.2) is 16.8 Å². The van der Waals surface area contributed by atoms with Crippen LogP contribution in [0.4, 0.5) is 11.5 Å². The van der Waals surface area contributed by atoms with Crippen LogP contribution in [0.3, 0.4) is 0 Å². The lowest BCUT2D eigenvalue weighted by Crippen LogP contribution is -2.09. The SMILES string of the molecule is CCCc1nn(C)c(NCCc2ccsc2)c1[N+](=O)[O-]. The summed E-state index contributed by atoms with van der Waals surface area (Å²) in [7, 11) is 1.74. The first-order valence-electron chi connectivity index (χ1n) is 6.58. The van der Waals surface area contributed by atoms with Crippen LogP contribution >= 0.6 is 11.3 Å². The largest absolute Gasteiger partial charge is 0.364 e. The fourth-order valence-corrected chi connectivity index (χ4v) is 2.83. The quantitative estimate of drug-likeness (QED) is 0.629. The molecule has 0 aliphatic rings. The van der Waals surface area contributed by atoms with Crippen LogP contribution in [0.5, 0.6) is 0 Å². The van der Waals surface area contributed by atoms with Gasteiger partial charge in [-0.2, -0.15) is 16.4 Å². The number of nitrogens with one attached hydrogen (secondary N) is 1. The molecule has 0 spiro atoms. The van der Waals surface area contributed by atoms with Gasteiger partial charge in [-0.25, -0.2) is 4.68 Å². The Kier molecular flexibility index (Phi) is 4.73. The molecule has 7 heteroatoms. The van der Waals surface area contributed by atoms with Crippen molar-refractivity contribution in [1.82, 2.24) is 9.78 Å². The summed E-state index contributed by atoms with van der Waals surface area (Å²) in [5, 5.41) is 22.7. The van der Waals surface area contributed by atoms with Gasteiger partial charge in [-0.15, -0.1) is 0 Å². The van der Waals surface area contributed by atoms with Crippen molar-refractivity contribution in [3.63, 3.8) is 0 Å². The van der Waals surface area contributed by atoms with Gasteiger partial charge in [0, 0.05) is 13.6 Å². The first-order chi connectivity index (χ1) is 9.63. The molecule has 0 atom stereocenters. The standard InChI is InChI=1S/C13H18N4O2S/c1-3-4-11-12(17(18)19)13(16(2)15-11)14-7-5-10-6-8-20-9-10/h6,8-9,14H,3-5,7H2,1-2H3. The molecule has 2 aromatic rings. The van der Waals surface area contributed by atoms with Crippen molar-refractivity contribution < 1.29 is 4.92 Å². The summed E-state index contributed by atoms with van der Waals surface area (Å²) in [6.45, 7) is 2.64. The second kappa shape index (κ2) is 6.51. The predicted molar refractivity (Wildman–Crippen MR) is 80.4 cm³/mol. The first-order valence-corrected chi connectivity index (χ1v) is 7.53. The maximum absolute atomic E-state index is 11.2. The van der Waals surface area contributed by atoms with Crippen molar-refractivity contribution in [3.05, 3.63) is 38.2 Å². The lowest BCUT2D eigenvalue weighted by atomic mass is 10.2. The van der Waals surface area contributed by atoms with E-state index in [9.17, 15) is 10.1 Å². The minimum Gasteiger partial charge on any atom is -0.364 e. The highest BCUT2D eigenvalue weighted by Gasteiger charge is 2.25. The number of hydrogen-bond donors (Lipinski definition) is 1. The van der Waals surface area contributed by atoms with E-state index < -0.39 is 0 Å². The van der Waals surface area contributed by atoms with E-state index in [0.29, 0.717) is 24.5 Å². The van der Waals surface area contributed by atoms with E-state index in [0.717, 1.165) is 12.8 Å². The normalized spacial score (nSPS) is 10.7. The van der Waals surface area contributed by atoms with E-state index in [4.69, 9.17) is 0 Å². The zero-order valence-corrected chi connectivity index (χ0v) is 12.4. The maximum Gasteiger partial charge on any atom is 0.333 e. The Balaban J connectivity index is 2.11. The van der Waals surface area contributed by atoms with Gasteiger partial charge in [-0.05, 0) is 35.2 Å². The van der Waals surface area contributed by atoms with Crippen LogP contribution in [0, 0.1) is 10.1 Å². The summed E-state index contributed by atoms with van der Waals surface area (Å²) in [5.41, 5.74) is 1.90. The van der Waals surface area contributed by atoms with E-state index in [1.54, 1.807) is 23.1 Å². The molecule has 1 N–H and O–H groups in total. The molecule has 2 aromatic heterocycles. The highest BCUT2D eigenvalue weighted by molar-refractivity contribution is 7.07. The van der Waals surface area contributed by atoms with Crippen LogP contribution in [-0.2, 0) is 19.9 Å². The number of anilines is 1. The molecular weight excluding hydrogens is 276 g/mol. The predicted octanol–water partition coefficient (Wildman–Crippen LogP) is 3.00. The highest BCUT2D eigenvalue weighted by Crippen LogP contribution is 2.28. The molecular formula is C13H18N4O2S. The van der Waals surface area contributed by atoms with Gasteiger partial charge in [-0.1, -0.05) is 13.3 Å². The van der Waals surface area contributed by atoms with Gasteiger partial charge in [0.25, 0.3) is 0 Å². The Morgan fingerprint density at radius 1 is 1.50 bits per heavy atom. The average molecular weight is 294 g/mol. The van der Waals surface area contributed by atoms with Gasteiger partial charge >= 0.3 is 5.69 Å². The molecule has 0 amide bonds. The molecule has 0 aliphatic heterocycles. The smallest absolute Gasteiger partial charge is 0.333 e. The summed E-state index contributed by atoms with van der Waals surface area (Å²) < 4.78 is 1.57. The Morgan fingerprint density at radius 3 is 2.90 bits per heavy atom. The molecule has 108 valence electrons. The summed E-state index contributed by atoms with van der Waals surface area (Å²) in [6, 6.07) is 2.06. The summed E-state index contributed by atoms with van der Waals surface area (Å²) >= 11 is 1.65. The lowest BCUT2D eigenvalue weighted by molar-refractivity contribution is -0.384. The van der Waals surface area contributed by atoms with Crippen molar-refractivity contribution in [2.24, 2.45) is 7.05 Å². The van der Waals surface area contributed by atoms with Gasteiger partial charge in [0.2, 0.25) is 5.82 Å². The van der Waals surface area contributed by atoms with Crippen LogP contribution in [0.2, 0.25) is 0 Å². The first kappa shape index (κ1) is 14.5. The zero-order valence-electron chi connectivity index (χ0n) is 11.6. The molecule has 0 saturated heterocycles. The molecule has 0 aliphatic carbocycles. The molecule has 6 nitrogen and oxygen atoms in total. The number of nitrogens with zero attached hydrogens (tertiary/aromatic N) is 3. The molecule has 0 bridgehead atoms. The minimum absolute atomic E-state index is 0.111. The van der Waals surface area contributed by atoms with E-state index in [1.807, 2.05) is 12.3 Å². The average Bonchev–Trinajstić information content (AvgIpc) is 2.99. The minimum atomic E-state index is -0.342. The van der Waals surface area contributed by atoms with E-state index in [2.05, 4.69) is 21.9 Å². The molecule has 0 aromatic carbocycles. The van der Waals surface area contributed by atoms with Crippen LogP contribution in [0.1, 0.15) is 24.6 Å². The molecule has 20 heavy (non-hydrogen) atoms. The van der Waals surface area contributed by atoms with Crippen LogP contribution in [-0.4, -0.2) is 21.2 Å². The van der Waals surface area contributed by atoms with E-state index >= 15 is 0 Å². The summed E-state index contributed by atoms with van der Waals surface area (Å²) in [5.74, 6) is 0.494. The number of aryl methyl sites for hydroxylation is 2. The Morgan fingerprint density at radius 2 is 2.30 bits per heavy atom. The summed E-state index contributed by atoms with van der Waals surface area (Å²) in [4.78, 5) is 10.9. The van der Waals surface area contributed by atoms with Crippen molar-refractivity contribution in [2.45, 2.75) is 26.2 Å². The molecule has 0 saturated carbocycles. The number of aromatic nitrogens is 2. The molecule has 0 unspecified atom stereocenters. The molecule has 2 rings (SSSR count). The van der Waals surface area contributed by atoms with E-state index in [-0.39, 0.29) is 10.6 Å². The number of hydrogen-bond acceptors (Lipinski definition) is 5. The Hall–Kier alpha value is -1.89. The van der Waals surface area contributed by atoms with Gasteiger partial charge in [0.1, 0.15) is 5.69 Å². The maximum atomic E-state index is 11.2. The number of thiophene rings is 1. The monoisotopic (exact) mass is 294 g/mol. The second-order valence-electron chi connectivity index (χ2n) is 4.58. The third-order valence-electron chi connectivity index (χ3n) is 3.05. The van der Waals surface area contributed by atoms with Crippen molar-refractivity contribution in [2.75, 3.05) is 11.9 Å². The fraction of sp³-hybridized carbons (Fsp3) is 0.462. The van der Waals surface area contributed by atoms with Crippen molar-refractivity contribution in [1.29, 1.82) is 0 Å². The highest BCUT2D eigenvalue weighted by atomic mass is 32.1. The van der Waals surface area contributed by atoms with Gasteiger partial charge in [0.15, 0.2) is 0 Å². The molecule has 0 radical (unpaired) electrons. The third kappa shape index (κ3) is 3.16. The number of rotatable bonds is 7. The lowest BCUT2D eigenvalue weighted by Gasteiger charge is -2.05. The van der Waals surface area contributed by atoms with Crippen molar-refractivity contribution >= 4 is 22.8 Å². The van der Waals surface area contributed by atoms with Crippen LogP contribution in [0.25, 0.3) is 0 Å². The molecule has 0 fully saturated rings. The van der Waals surface area contributed by atoms with Gasteiger partial charge in [-0.3, -0.25) is 10.1 Å². The third-order valence-corrected chi connectivity index (χ3v) is 3.78. The topological polar surface area (TPSA) is 73.0 Å². The number of nitro groups is 1. The Bertz CT molecular complexity index is 577. The molecule has 2 heterocycles. The Labute approximate surface area is 121 Å². The van der Waals surface area contributed by atoms with Gasteiger partial charge < -0.3 is 5.32 Å². The van der Waals surface area contributed by atoms with Crippen LogP contribution < -0.4 is 5.32 Å². The fourth-order valence-electron chi connectivity index (χ4n) is 2.12. The second-order valence-corrected chi connectivity index (χ2v) is 5.36. The zero-order chi connectivity index (χ0) is 14.5.